The first-order valence-corrected chi connectivity index (χ1v) is 44.1. The number of hydrogen-bond donors (Lipinski definition) is 0. The second-order valence-electron chi connectivity index (χ2n) is 36.8. The first-order chi connectivity index (χ1) is 61.7. The third kappa shape index (κ3) is 9.88. The summed E-state index contributed by atoms with van der Waals surface area (Å²) >= 11 is 0. The molecule has 0 atom stereocenters. The predicted octanol–water partition coefficient (Wildman–Crippen LogP) is 30.7. The fourth-order valence-corrected chi connectivity index (χ4v) is 23.0. The van der Waals surface area contributed by atoms with Gasteiger partial charge in [-0.1, -0.05) is 308 Å². The standard InChI is InChI=1S/C119H81N7/c1-117(2)98-34-15-7-26-81(98)84-57-48-78(67-101(84)117)123-106-39-20-12-30-88(106)92-52-43-71(62-110(92)123)70-42-51-91-87-29-11-19-38-105(87)122(109(91)61-70)77-25-23-24-76(60-77)115-97-33-10-18-37-104(97)120-116(121-115)126-113-65-74(72-44-53-93-89-31-13-21-40-107(89)124(111(93)63-72)79-49-58-85-82-27-8-16-35-99(82)118(3,4)102(85)68-79)46-55-95(113)96-56-47-75(66-114(96)126)73-45-54-94-90-32-14-22-41-108(90)125(112(94)64-73)80-50-59-86-83-28-9-17-36-100(83)119(5,6)103(86)69-80/h7-69H,1-6H3. The summed E-state index contributed by atoms with van der Waals surface area (Å²) in [7, 11) is 0. The van der Waals surface area contributed by atoms with Gasteiger partial charge in [-0.2, -0.15) is 0 Å². The van der Waals surface area contributed by atoms with Crippen LogP contribution in [-0.4, -0.2) is 32.8 Å². The lowest BCUT2D eigenvalue weighted by Gasteiger charge is -2.22. The molecule has 24 aromatic rings. The van der Waals surface area contributed by atoms with Gasteiger partial charge in [0, 0.05) is 104 Å². The van der Waals surface area contributed by atoms with Gasteiger partial charge < -0.3 is 18.3 Å². The molecule has 0 amide bonds. The third-order valence-corrected chi connectivity index (χ3v) is 29.1. The monoisotopic (exact) mass is 1610 g/mol. The van der Waals surface area contributed by atoms with E-state index in [1.165, 1.54) is 132 Å². The second-order valence-corrected chi connectivity index (χ2v) is 36.8. The molecular formula is C119H81N7. The van der Waals surface area contributed by atoms with Crippen molar-refractivity contribution in [3.8, 4) is 107 Å². The summed E-state index contributed by atoms with van der Waals surface area (Å²) in [5.41, 5.74) is 40.7. The van der Waals surface area contributed by atoms with Crippen molar-refractivity contribution in [1.82, 2.24) is 32.8 Å². The molecule has 27 rings (SSSR count). The number of fused-ring (bicyclic) bond motifs is 25. The van der Waals surface area contributed by atoms with E-state index >= 15 is 0 Å². The van der Waals surface area contributed by atoms with Crippen LogP contribution in [0.2, 0.25) is 0 Å². The van der Waals surface area contributed by atoms with Gasteiger partial charge in [0.1, 0.15) is 0 Å². The van der Waals surface area contributed by atoms with Crippen LogP contribution < -0.4 is 0 Å². The minimum atomic E-state index is -0.162. The minimum absolute atomic E-state index is 0.140. The summed E-state index contributed by atoms with van der Waals surface area (Å²) in [6.07, 6.45) is 0. The summed E-state index contributed by atoms with van der Waals surface area (Å²) in [5.74, 6) is 0.584. The number of aromatic nitrogens is 7. The van der Waals surface area contributed by atoms with Crippen molar-refractivity contribution in [2.75, 3.05) is 0 Å². The number of nitrogens with zero attached hydrogens (tertiary/aromatic N) is 7. The quantitative estimate of drug-likeness (QED) is 0.145. The molecule has 0 fully saturated rings. The van der Waals surface area contributed by atoms with Crippen molar-refractivity contribution >= 4 is 120 Å². The maximum atomic E-state index is 5.97. The van der Waals surface area contributed by atoms with E-state index in [1.807, 2.05) is 0 Å². The summed E-state index contributed by atoms with van der Waals surface area (Å²) < 4.78 is 12.3. The lowest BCUT2D eigenvalue weighted by molar-refractivity contribution is 0.660. The van der Waals surface area contributed by atoms with E-state index in [9.17, 15) is 0 Å². The van der Waals surface area contributed by atoms with Crippen LogP contribution in [0.4, 0.5) is 0 Å². The molecule has 6 heterocycles. The fraction of sp³-hybridized carbons (Fsp3) is 0.0756. The van der Waals surface area contributed by atoms with Crippen LogP contribution in [0, 0.1) is 0 Å². The smallest absolute Gasteiger partial charge is 0.235 e. The zero-order chi connectivity index (χ0) is 83.5. The summed E-state index contributed by atoms with van der Waals surface area (Å²) in [6.45, 7) is 14.2. The number of hydrogen-bond acceptors (Lipinski definition) is 2. The highest BCUT2D eigenvalue weighted by Gasteiger charge is 2.39. The normalized spacial score (nSPS) is 14.0. The Bertz CT molecular complexity index is 8680. The van der Waals surface area contributed by atoms with E-state index < -0.39 is 0 Å². The first-order valence-electron chi connectivity index (χ1n) is 44.1. The van der Waals surface area contributed by atoms with Crippen molar-refractivity contribution < 1.29 is 0 Å². The van der Waals surface area contributed by atoms with Crippen LogP contribution in [0.15, 0.2) is 382 Å². The Labute approximate surface area is 727 Å². The molecular weight excluding hydrogens is 1530 g/mol. The second kappa shape index (κ2) is 25.7. The molecule has 0 saturated heterocycles. The molecule has 592 valence electrons. The SMILES string of the molecule is CC1(C)c2ccccc2-c2ccc(-n3c4ccccc4c4ccc(-c5ccc6c7ccccc7n(-c7cccc(-c8nc(-n9c%10cc(-c%11ccc%12c%13ccccc%13n(-c%13ccc%14c(c%13)C(C)(C)c%13ccccc%13-%14)c%12c%11)ccc%10c%10ccc(-c%11ccc%12c%13ccccc%13n(-c%13ccc%14c(c%13)C(C)(C)c%13ccccc%13-%14)c%12c%11)cc%109)nc9ccccc89)c7)c6c5)cc43)cc21. The Morgan fingerprint density at radius 3 is 0.786 bits per heavy atom. The van der Waals surface area contributed by atoms with Gasteiger partial charge in [0.05, 0.1) is 66.4 Å². The van der Waals surface area contributed by atoms with Gasteiger partial charge >= 0.3 is 0 Å². The van der Waals surface area contributed by atoms with Crippen LogP contribution >= 0.6 is 0 Å². The lowest BCUT2D eigenvalue weighted by Crippen LogP contribution is -2.15. The average Bonchev–Trinajstić information content (AvgIpc) is 1.57. The minimum Gasteiger partial charge on any atom is -0.309 e. The van der Waals surface area contributed by atoms with Crippen molar-refractivity contribution in [1.29, 1.82) is 0 Å². The highest BCUT2D eigenvalue weighted by atomic mass is 15.2. The molecule has 0 unspecified atom stereocenters. The molecule has 0 bridgehead atoms. The maximum Gasteiger partial charge on any atom is 0.235 e. The third-order valence-electron chi connectivity index (χ3n) is 29.1. The van der Waals surface area contributed by atoms with Crippen LogP contribution in [0.5, 0.6) is 0 Å². The average molecular weight is 1610 g/mol. The fourth-order valence-electron chi connectivity index (χ4n) is 23.0. The molecule has 3 aliphatic carbocycles. The van der Waals surface area contributed by atoms with E-state index in [-0.39, 0.29) is 16.2 Å². The molecule has 0 saturated carbocycles. The number of benzene rings is 18. The van der Waals surface area contributed by atoms with Crippen LogP contribution in [0.25, 0.3) is 227 Å². The summed E-state index contributed by atoms with van der Waals surface area (Å²) in [5, 5.41) is 12.9. The van der Waals surface area contributed by atoms with E-state index in [0.717, 1.165) is 122 Å². The number of para-hydroxylation sites is 5. The lowest BCUT2D eigenvalue weighted by atomic mass is 9.82. The predicted molar refractivity (Wildman–Crippen MR) is 526 cm³/mol. The molecule has 126 heavy (non-hydrogen) atoms. The van der Waals surface area contributed by atoms with Gasteiger partial charge in [0.2, 0.25) is 5.95 Å². The molecule has 0 spiro atoms. The molecule has 7 heteroatoms. The highest BCUT2D eigenvalue weighted by molar-refractivity contribution is 6.17. The van der Waals surface area contributed by atoms with Crippen LogP contribution in [0.3, 0.4) is 0 Å². The first kappa shape index (κ1) is 70.9. The summed E-state index contributed by atoms with van der Waals surface area (Å²) in [6, 6.07) is 144. The molecule has 0 radical (unpaired) electrons. The zero-order valence-corrected chi connectivity index (χ0v) is 70.5. The topological polar surface area (TPSA) is 50.4 Å². The van der Waals surface area contributed by atoms with Gasteiger partial charge in [-0.25, -0.2) is 9.97 Å². The van der Waals surface area contributed by atoms with Gasteiger partial charge in [-0.3, -0.25) is 4.57 Å². The molecule has 3 aliphatic rings. The Balaban J connectivity index is 0.631. The Kier molecular flexibility index (Phi) is 14.5. The molecule has 18 aromatic carbocycles. The number of rotatable bonds is 9. The molecule has 0 N–H and O–H groups in total. The zero-order valence-electron chi connectivity index (χ0n) is 70.5. The van der Waals surface area contributed by atoms with E-state index in [1.54, 1.807) is 0 Å². The van der Waals surface area contributed by atoms with E-state index in [4.69, 9.17) is 9.97 Å². The molecule has 6 aromatic heterocycles. The van der Waals surface area contributed by atoms with E-state index in [0.29, 0.717) is 5.95 Å². The Hall–Kier alpha value is -15.7. The summed E-state index contributed by atoms with van der Waals surface area (Å²) in [4.78, 5) is 11.7. The maximum absolute atomic E-state index is 5.97. The van der Waals surface area contributed by atoms with Crippen molar-refractivity contribution in [3.63, 3.8) is 0 Å². The van der Waals surface area contributed by atoms with Crippen molar-refractivity contribution in [2.45, 2.75) is 57.8 Å². The highest BCUT2D eigenvalue weighted by Crippen LogP contribution is 2.55. The van der Waals surface area contributed by atoms with Crippen LogP contribution in [-0.2, 0) is 16.2 Å². The van der Waals surface area contributed by atoms with Crippen molar-refractivity contribution in [2.24, 2.45) is 0 Å². The van der Waals surface area contributed by atoms with Gasteiger partial charge in [-0.05, 0) is 215 Å². The van der Waals surface area contributed by atoms with Gasteiger partial charge in [0.25, 0.3) is 0 Å². The molecule has 0 aliphatic heterocycles. The molecule has 7 nitrogen and oxygen atoms in total. The van der Waals surface area contributed by atoms with Crippen LogP contribution in [0.1, 0.15) is 74.9 Å². The van der Waals surface area contributed by atoms with E-state index in [2.05, 4.69) is 447 Å². The largest absolute Gasteiger partial charge is 0.309 e. The van der Waals surface area contributed by atoms with Gasteiger partial charge in [0.15, 0.2) is 0 Å². The Morgan fingerprint density at radius 1 is 0.175 bits per heavy atom. The Morgan fingerprint density at radius 2 is 0.444 bits per heavy atom. The van der Waals surface area contributed by atoms with Gasteiger partial charge in [-0.15, -0.1) is 0 Å². The van der Waals surface area contributed by atoms with Crippen molar-refractivity contribution in [3.05, 3.63) is 416 Å².